The number of nitro groups is 1. The monoisotopic (exact) mass is 608 g/mol. The van der Waals surface area contributed by atoms with Crippen molar-refractivity contribution in [2.75, 3.05) is 33.0 Å². The first-order chi connectivity index (χ1) is 20.0. The Morgan fingerprint density at radius 3 is 2.81 bits per heavy atom. The number of nitro benzene ring substituents is 1. The SMILES string of the molecule is Cc1cn(C2COC(OC(=O)OCC(C)C(CCOP(C)NCCC=O)c3ccccc3[N+](=O)[O-])C2C)c(=O)[nH]c1=O. The maximum absolute atomic E-state index is 12.6. The minimum Gasteiger partial charge on any atom is -0.434 e. The van der Waals surface area contributed by atoms with Gasteiger partial charge < -0.3 is 23.5 Å². The highest BCUT2D eigenvalue weighted by Crippen LogP contribution is 2.37. The summed E-state index contributed by atoms with van der Waals surface area (Å²) in [6.45, 7) is 7.82. The summed E-state index contributed by atoms with van der Waals surface area (Å²) in [7, 11) is -0.989. The average Bonchev–Trinajstić information content (AvgIpc) is 3.31. The van der Waals surface area contributed by atoms with Gasteiger partial charge in [-0.3, -0.25) is 29.5 Å². The lowest BCUT2D eigenvalue weighted by molar-refractivity contribution is -0.385. The second-order valence-electron chi connectivity index (χ2n) is 10.2. The van der Waals surface area contributed by atoms with Gasteiger partial charge in [0.05, 0.1) is 39.1 Å². The maximum Gasteiger partial charge on any atom is 0.510 e. The number of H-pyrrole nitrogens is 1. The number of carbonyl (C=O) groups is 2. The fourth-order valence-corrected chi connectivity index (χ4v) is 5.70. The Bertz CT molecular complexity index is 1350. The van der Waals surface area contributed by atoms with Gasteiger partial charge in [-0.05, 0) is 31.8 Å². The van der Waals surface area contributed by atoms with Crippen molar-refractivity contribution >= 4 is 26.4 Å². The lowest BCUT2D eigenvalue weighted by Gasteiger charge is -2.25. The van der Waals surface area contributed by atoms with Gasteiger partial charge in [-0.25, -0.2) is 9.59 Å². The summed E-state index contributed by atoms with van der Waals surface area (Å²) in [5, 5.41) is 14.9. The average molecular weight is 609 g/mol. The molecule has 1 aliphatic rings. The fraction of sp³-hybridized carbons (Fsp3) is 0.556. The summed E-state index contributed by atoms with van der Waals surface area (Å²) >= 11 is 0. The molecule has 2 N–H and O–H groups in total. The molecule has 0 spiro atoms. The van der Waals surface area contributed by atoms with Gasteiger partial charge in [0.25, 0.3) is 11.2 Å². The van der Waals surface area contributed by atoms with Crippen molar-refractivity contribution in [3.63, 3.8) is 0 Å². The summed E-state index contributed by atoms with van der Waals surface area (Å²) in [5.74, 6) is -1.14. The minimum atomic E-state index is -0.989. The van der Waals surface area contributed by atoms with Gasteiger partial charge in [0.1, 0.15) is 6.29 Å². The number of carbonyl (C=O) groups excluding carboxylic acids is 2. The molecule has 0 bridgehead atoms. The van der Waals surface area contributed by atoms with Gasteiger partial charge in [-0.15, -0.1) is 0 Å². The van der Waals surface area contributed by atoms with Crippen LogP contribution in [0.5, 0.6) is 0 Å². The van der Waals surface area contributed by atoms with Crippen LogP contribution in [-0.2, 0) is 23.5 Å². The Morgan fingerprint density at radius 2 is 2.10 bits per heavy atom. The molecule has 1 aliphatic heterocycles. The van der Waals surface area contributed by atoms with Crippen LogP contribution in [0.15, 0.2) is 40.1 Å². The zero-order valence-corrected chi connectivity index (χ0v) is 24.9. The Kier molecular flexibility index (Phi) is 12.3. The number of rotatable bonds is 15. The lowest BCUT2D eigenvalue weighted by atomic mass is 9.84. The van der Waals surface area contributed by atoms with Crippen LogP contribution in [0.2, 0.25) is 0 Å². The van der Waals surface area contributed by atoms with E-state index in [4.69, 9.17) is 18.7 Å². The molecular formula is C27H37N4O10P. The molecule has 2 aromatic rings. The van der Waals surface area contributed by atoms with Crippen molar-refractivity contribution in [1.82, 2.24) is 14.6 Å². The number of hydrogen-bond donors (Lipinski definition) is 2. The predicted molar refractivity (Wildman–Crippen MR) is 154 cm³/mol. The van der Waals surface area contributed by atoms with E-state index in [9.17, 15) is 29.3 Å². The number of aldehydes is 1. The van der Waals surface area contributed by atoms with Gasteiger partial charge >= 0.3 is 11.8 Å². The number of aryl methyl sites for hydroxylation is 1. The molecular weight excluding hydrogens is 571 g/mol. The highest BCUT2D eigenvalue weighted by atomic mass is 31.2. The van der Waals surface area contributed by atoms with Gasteiger partial charge in [-0.1, -0.05) is 32.0 Å². The smallest absolute Gasteiger partial charge is 0.434 e. The summed E-state index contributed by atoms with van der Waals surface area (Å²) in [4.78, 5) is 60.7. The number of hydrogen-bond acceptors (Lipinski definition) is 11. The molecule has 0 saturated carbocycles. The van der Waals surface area contributed by atoms with Crippen LogP contribution in [-0.4, -0.2) is 66.2 Å². The maximum atomic E-state index is 12.6. The molecule has 42 heavy (non-hydrogen) atoms. The van der Waals surface area contributed by atoms with E-state index >= 15 is 0 Å². The Morgan fingerprint density at radius 1 is 1.36 bits per heavy atom. The second-order valence-corrected chi connectivity index (χ2v) is 11.7. The molecule has 0 radical (unpaired) electrons. The van der Waals surface area contributed by atoms with Crippen LogP contribution in [0, 0.1) is 28.9 Å². The van der Waals surface area contributed by atoms with Crippen LogP contribution in [0.3, 0.4) is 0 Å². The third kappa shape index (κ3) is 8.78. The zero-order valence-electron chi connectivity index (χ0n) is 24.0. The van der Waals surface area contributed by atoms with E-state index in [-0.39, 0.29) is 30.7 Å². The highest BCUT2D eigenvalue weighted by Gasteiger charge is 2.39. The van der Waals surface area contributed by atoms with E-state index in [1.165, 1.54) is 16.8 Å². The highest BCUT2D eigenvalue weighted by molar-refractivity contribution is 7.49. The lowest BCUT2D eigenvalue weighted by Crippen LogP contribution is -2.36. The van der Waals surface area contributed by atoms with Crippen molar-refractivity contribution in [3.05, 3.63) is 72.5 Å². The van der Waals surface area contributed by atoms with E-state index in [0.717, 1.165) is 6.29 Å². The number of para-hydroxylation sites is 1. The van der Waals surface area contributed by atoms with Gasteiger partial charge in [-0.2, -0.15) is 0 Å². The number of aromatic nitrogens is 2. The fourth-order valence-electron chi connectivity index (χ4n) is 4.79. The van der Waals surface area contributed by atoms with Crippen molar-refractivity contribution in [3.8, 4) is 0 Å². The Balaban J connectivity index is 1.62. The van der Waals surface area contributed by atoms with Crippen LogP contribution in [0.1, 0.15) is 49.8 Å². The molecule has 2 heterocycles. The summed E-state index contributed by atoms with van der Waals surface area (Å²) in [6.07, 6.45) is 1.11. The summed E-state index contributed by atoms with van der Waals surface area (Å²) < 4.78 is 23.6. The van der Waals surface area contributed by atoms with E-state index in [1.807, 2.05) is 13.6 Å². The topological polar surface area (TPSA) is 181 Å². The number of nitrogens with zero attached hydrogens (tertiary/aromatic N) is 2. The van der Waals surface area contributed by atoms with Gasteiger partial charge in [0.15, 0.2) is 0 Å². The van der Waals surface area contributed by atoms with Crippen molar-refractivity contribution in [2.24, 2.45) is 11.8 Å². The molecule has 1 aromatic carbocycles. The summed E-state index contributed by atoms with van der Waals surface area (Å²) in [6, 6.07) is 5.96. The number of aromatic amines is 1. The zero-order chi connectivity index (χ0) is 30.8. The van der Waals surface area contributed by atoms with Crippen LogP contribution >= 0.6 is 8.30 Å². The molecule has 15 heteroatoms. The largest absolute Gasteiger partial charge is 0.510 e. The molecule has 14 nitrogen and oxygen atoms in total. The van der Waals surface area contributed by atoms with Crippen molar-refractivity contribution < 1.29 is 33.2 Å². The molecule has 0 aliphatic carbocycles. The van der Waals surface area contributed by atoms with Gasteiger partial charge in [0, 0.05) is 42.3 Å². The van der Waals surface area contributed by atoms with Crippen molar-refractivity contribution in [1.29, 1.82) is 0 Å². The molecule has 1 fully saturated rings. The van der Waals surface area contributed by atoms with E-state index in [0.29, 0.717) is 37.1 Å². The third-order valence-corrected chi connectivity index (χ3v) is 8.42. The Labute approximate surface area is 243 Å². The number of benzene rings is 1. The van der Waals surface area contributed by atoms with E-state index in [2.05, 4.69) is 10.1 Å². The predicted octanol–water partition coefficient (Wildman–Crippen LogP) is 3.39. The molecule has 230 valence electrons. The molecule has 3 rings (SSSR count). The third-order valence-electron chi connectivity index (χ3n) is 7.18. The minimum absolute atomic E-state index is 0.0354. The van der Waals surface area contributed by atoms with Crippen LogP contribution < -0.4 is 16.3 Å². The quantitative estimate of drug-likeness (QED) is 0.0755. The molecule has 6 unspecified atom stereocenters. The molecule has 0 amide bonds. The standard InChI is InChI=1S/C27H37N4O10P/c1-17-14-30(26(34)29-24(17)33)23-16-38-25(19(23)3)41-27(35)39-15-18(2)20(10-13-40-42(4)28-11-7-12-32)21-8-5-6-9-22(21)31(36)37/h5-6,8-9,12,14,18-20,23,25,28H,7,10-11,13,15-16H2,1-4H3,(H,29,33,34). The normalized spacial score (nSPS) is 20.4. The van der Waals surface area contributed by atoms with E-state index in [1.54, 1.807) is 32.0 Å². The van der Waals surface area contributed by atoms with Crippen molar-refractivity contribution in [2.45, 2.75) is 51.9 Å². The number of ether oxygens (including phenoxy) is 3. The first-order valence-electron chi connectivity index (χ1n) is 13.6. The summed E-state index contributed by atoms with van der Waals surface area (Å²) in [5.41, 5.74) is -0.224. The van der Waals surface area contributed by atoms with Crippen LogP contribution in [0.25, 0.3) is 0 Å². The number of nitrogens with one attached hydrogen (secondary N) is 2. The van der Waals surface area contributed by atoms with Gasteiger partial charge in [0.2, 0.25) is 6.29 Å². The van der Waals surface area contributed by atoms with E-state index < -0.39 is 48.9 Å². The second kappa shape index (κ2) is 15.7. The van der Waals surface area contributed by atoms with Crippen LogP contribution in [0.4, 0.5) is 10.5 Å². The Hall–Kier alpha value is -3.45. The molecule has 1 saturated heterocycles. The molecule has 6 atom stereocenters. The molecule has 1 aromatic heterocycles. The first-order valence-corrected chi connectivity index (χ1v) is 15.3. The first kappa shape index (κ1) is 33.1.